The Morgan fingerprint density at radius 1 is 1.45 bits per heavy atom. The molecule has 0 amide bonds. The van der Waals surface area contributed by atoms with Crippen LogP contribution in [0.25, 0.3) is 0 Å². The number of guanidine groups is 1. The zero-order valence-corrected chi connectivity index (χ0v) is 13.4. The minimum absolute atomic E-state index is 0.132. The normalized spacial score (nSPS) is 14.2. The predicted molar refractivity (Wildman–Crippen MR) is 85.4 cm³/mol. The zero-order valence-electron chi connectivity index (χ0n) is 12.6. The molecular weight excluding hydrogens is 274 g/mol. The van der Waals surface area contributed by atoms with Gasteiger partial charge < -0.3 is 15.8 Å². The standard InChI is InChI=1S/C15H24ClN3O/c1-11(9-20-4)19-14(17)18-10-15(2,3)12-7-5-6-8-13(12)16/h5-8,11H,9-10H2,1-4H3,(H3,17,18,19). The van der Waals surface area contributed by atoms with Crippen LogP contribution in [0, 0.1) is 0 Å². The SMILES string of the molecule is COCC(C)NC(N)=NCC(C)(C)c1ccccc1Cl. The molecule has 0 radical (unpaired) electrons. The van der Waals surface area contributed by atoms with Gasteiger partial charge in [-0.05, 0) is 18.6 Å². The maximum atomic E-state index is 6.24. The van der Waals surface area contributed by atoms with E-state index in [1.807, 2.05) is 31.2 Å². The molecule has 0 spiro atoms. The molecule has 1 aromatic rings. The first-order chi connectivity index (χ1) is 9.36. The van der Waals surface area contributed by atoms with Crippen molar-refractivity contribution in [3.05, 3.63) is 34.9 Å². The van der Waals surface area contributed by atoms with Crippen molar-refractivity contribution in [3.8, 4) is 0 Å². The summed E-state index contributed by atoms with van der Waals surface area (Å²) in [5, 5.41) is 3.85. The van der Waals surface area contributed by atoms with Gasteiger partial charge in [0.05, 0.1) is 13.2 Å². The summed E-state index contributed by atoms with van der Waals surface area (Å²) >= 11 is 6.24. The third-order valence-electron chi connectivity index (χ3n) is 3.06. The quantitative estimate of drug-likeness (QED) is 0.627. The van der Waals surface area contributed by atoms with Crippen LogP contribution in [0.3, 0.4) is 0 Å². The molecule has 0 fully saturated rings. The Morgan fingerprint density at radius 2 is 2.10 bits per heavy atom. The smallest absolute Gasteiger partial charge is 0.188 e. The fraction of sp³-hybridized carbons (Fsp3) is 0.533. The van der Waals surface area contributed by atoms with Crippen LogP contribution in [0.1, 0.15) is 26.3 Å². The second-order valence-electron chi connectivity index (χ2n) is 5.57. The number of nitrogens with zero attached hydrogens (tertiary/aromatic N) is 1. The summed E-state index contributed by atoms with van der Waals surface area (Å²) in [6.45, 7) is 7.34. The maximum Gasteiger partial charge on any atom is 0.188 e. The lowest BCUT2D eigenvalue weighted by Crippen LogP contribution is -2.41. The Labute approximate surface area is 126 Å². The van der Waals surface area contributed by atoms with Gasteiger partial charge in [0.15, 0.2) is 5.96 Å². The Morgan fingerprint density at radius 3 is 2.70 bits per heavy atom. The number of hydrogen-bond donors (Lipinski definition) is 2. The van der Waals surface area contributed by atoms with Gasteiger partial charge in [0.25, 0.3) is 0 Å². The number of aliphatic imine (C=N–C) groups is 1. The number of methoxy groups -OCH3 is 1. The molecule has 1 atom stereocenters. The molecule has 112 valence electrons. The summed E-state index contributed by atoms with van der Waals surface area (Å²) in [4.78, 5) is 4.40. The number of hydrogen-bond acceptors (Lipinski definition) is 2. The van der Waals surface area contributed by atoms with E-state index in [1.165, 1.54) is 0 Å². The summed E-state index contributed by atoms with van der Waals surface area (Å²) in [5.41, 5.74) is 6.78. The molecular formula is C15H24ClN3O. The molecule has 5 heteroatoms. The van der Waals surface area contributed by atoms with Gasteiger partial charge in [0.1, 0.15) is 0 Å². The van der Waals surface area contributed by atoms with Crippen LogP contribution in [0.4, 0.5) is 0 Å². The van der Waals surface area contributed by atoms with E-state index in [9.17, 15) is 0 Å². The highest BCUT2D eigenvalue weighted by Gasteiger charge is 2.22. The molecule has 1 rings (SSSR count). The number of rotatable bonds is 6. The predicted octanol–water partition coefficient (Wildman–Crippen LogP) is 2.56. The van der Waals surface area contributed by atoms with Crippen molar-refractivity contribution < 1.29 is 4.74 Å². The first-order valence-electron chi connectivity index (χ1n) is 6.67. The van der Waals surface area contributed by atoms with E-state index in [4.69, 9.17) is 22.1 Å². The van der Waals surface area contributed by atoms with E-state index in [1.54, 1.807) is 7.11 Å². The number of benzene rings is 1. The van der Waals surface area contributed by atoms with Crippen molar-refractivity contribution >= 4 is 17.6 Å². The fourth-order valence-corrected chi connectivity index (χ4v) is 2.36. The molecule has 0 heterocycles. The Balaban J connectivity index is 2.69. The molecule has 0 bridgehead atoms. The van der Waals surface area contributed by atoms with Crippen molar-refractivity contribution in [2.75, 3.05) is 20.3 Å². The molecule has 0 saturated carbocycles. The topological polar surface area (TPSA) is 59.6 Å². The molecule has 4 nitrogen and oxygen atoms in total. The average molecular weight is 298 g/mol. The minimum Gasteiger partial charge on any atom is -0.383 e. The van der Waals surface area contributed by atoms with Gasteiger partial charge in [0, 0.05) is 23.6 Å². The van der Waals surface area contributed by atoms with Gasteiger partial charge in [-0.1, -0.05) is 43.6 Å². The minimum atomic E-state index is -0.171. The van der Waals surface area contributed by atoms with Crippen molar-refractivity contribution in [1.82, 2.24) is 5.32 Å². The van der Waals surface area contributed by atoms with E-state index in [-0.39, 0.29) is 11.5 Å². The third-order valence-corrected chi connectivity index (χ3v) is 3.39. The molecule has 0 aromatic heterocycles. The lowest BCUT2D eigenvalue weighted by atomic mass is 9.85. The van der Waals surface area contributed by atoms with Gasteiger partial charge >= 0.3 is 0 Å². The van der Waals surface area contributed by atoms with E-state index in [2.05, 4.69) is 24.2 Å². The van der Waals surface area contributed by atoms with Gasteiger partial charge in [-0.25, -0.2) is 0 Å². The summed E-state index contributed by atoms with van der Waals surface area (Å²) in [6.07, 6.45) is 0. The van der Waals surface area contributed by atoms with Crippen LogP contribution in [-0.4, -0.2) is 32.3 Å². The molecule has 1 aromatic carbocycles. The molecule has 0 aliphatic heterocycles. The molecule has 0 aliphatic rings. The zero-order chi connectivity index (χ0) is 15.2. The Kier molecular flexibility index (Phi) is 6.30. The van der Waals surface area contributed by atoms with Crippen LogP contribution in [0.5, 0.6) is 0 Å². The Hall–Kier alpha value is -1.26. The van der Waals surface area contributed by atoms with Crippen LogP contribution in [0.15, 0.2) is 29.3 Å². The van der Waals surface area contributed by atoms with Gasteiger partial charge in [-0.2, -0.15) is 0 Å². The first kappa shape index (κ1) is 16.8. The average Bonchev–Trinajstić information content (AvgIpc) is 2.37. The number of ether oxygens (including phenoxy) is 1. The van der Waals surface area contributed by atoms with Crippen LogP contribution in [-0.2, 0) is 10.2 Å². The van der Waals surface area contributed by atoms with Crippen molar-refractivity contribution in [1.29, 1.82) is 0 Å². The fourth-order valence-electron chi connectivity index (χ4n) is 1.97. The van der Waals surface area contributed by atoms with Gasteiger partial charge in [-0.15, -0.1) is 0 Å². The monoisotopic (exact) mass is 297 g/mol. The van der Waals surface area contributed by atoms with E-state index < -0.39 is 0 Å². The molecule has 0 aliphatic carbocycles. The van der Waals surface area contributed by atoms with E-state index in [0.717, 1.165) is 10.6 Å². The van der Waals surface area contributed by atoms with Crippen LogP contribution >= 0.6 is 11.6 Å². The second kappa shape index (κ2) is 7.50. The van der Waals surface area contributed by atoms with Crippen molar-refractivity contribution in [2.45, 2.75) is 32.2 Å². The van der Waals surface area contributed by atoms with Crippen LogP contribution in [0.2, 0.25) is 5.02 Å². The molecule has 0 saturated heterocycles. The molecule has 1 unspecified atom stereocenters. The van der Waals surface area contributed by atoms with Crippen molar-refractivity contribution in [2.24, 2.45) is 10.7 Å². The van der Waals surface area contributed by atoms with E-state index in [0.29, 0.717) is 19.1 Å². The van der Waals surface area contributed by atoms with Crippen molar-refractivity contribution in [3.63, 3.8) is 0 Å². The number of nitrogens with two attached hydrogens (primary N) is 1. The lowest BCUT2D eigenvalue weighted by Gasteiger charge is -2.24. The van der Waals surface area contributed by atoms with Gasteiger partial charge in [-0.3, -0.25) is 4.99 Å². The van der Waals surface area contributed by atoms with E-state index >= 15 is 0 Å². The largest absolute Gasteiger partial charge is 0.383 e. The number of halogens is 1. The molecule has 3 N–H and O–H groups in total. The Bertz CT molecular complexity index is 460. The molecule has 20 heavy (non-hydrogen) atoms. The lowest BCUT2D eigenvalue weighted by molar-refractivity contribution is 0.179. The highest BCUT2D eigenvalue weighted by Crippen LogP contribution is 2.29. The maximum absolute atomic E-state index is 6.24. The van der Waals surface area contributed by atoms with Crippen LogP contribution < -0.4 is 11.1 Å². The summed E-state index contributed by atoms with van der Waals surface area (Å²) in [5.74, 6) is 0.426. The highest BCUT2D eigenvalue weighted by molar-refractivity contribution is 6.31. The second-order valence-corrected chi connectivity index (χ2v) is 5.97. The first-order valence-corrected chi connectivity index (χ1v) is 7.05. The number of nitrogens with one attached hydrogen (secondary N) is 1. The summed E-state index contributed by atoms with van der Waals surface area (Å²) in [6, 6.07) is 7.95. The summed E-state index contributed by atoms with van der Waals surface area (Å²) < 4.78 is 5.04. The highest BCUT2D eigenvalue weighted by atomic mass is 35.5. The third kappa shape index (κ3) is 5.02. The van der Waals surface area contributed by atoms with Gasteiger partial charge in [0.2, 0.25) is 0 Å². The summed E-state index contributed by atoms with van der Waals surface area (Å²) in [7, 11) is 1.66.